The van der Waals surface area contributed by atoms with Crippen LogP contribution in [0.5, 0.6) is 0 Å². The zero-order chi connectivity index (χ0) is 9.47. The molecule has 0 spiro atoms. The van der Waals surface area contributed by atoms with Gasteiger partial charge in [0.15, 0.2) is 0 Å². The first kappa shape index (κ1) is 8.70. The van der Waals surface area contributed by atoms with Crippen molar-refractivity contribution in [3.8, 4) is 0 Å². The number of rotatable bonds is 2. The van der Waals surface area contributed by atoms with E-state index in [2.05, 4.69) is 6.92 Å². The largest absolute Gasteiger partial charge is 0.325 e. The van der Waals surface area contributed by atoms with Crippen LogP contribution in [0.25, 0.3) is 0 Å². The highest BCUT2D eigenvalue weighted by Gasteiger charge is 2.47. The molecule has 1 fully saturated rings. The quantitative estimate of drug-likeness (QED) is 0.739. The SMILES string of the molecule is CC1CC1(N)Cc1cccc(F)c1. The highest BCUT2D eigenvalue weighted by molar-refractivity contribution is 5.22. The molecule has 2 unspecified atom stereocenters. The van der Waals surface area contributed by atoms with Crippen LogP contribution in [-0.2, 0) is 6.42 Å². The van der Waals surface area contributed by atoms with E-state index in [-0.39, 0.29) is 11.4 Å². The molecule has 1 aromatic rings. The number of nitrogens with two attached hydrogens (primary N) is 1. The van der Waals surface area contributed by atoms with Gasteiger partial charge in [0.25, 0.3) is 0 Å². The Kier molecular flexibility index (Phi) is 1.88. The maximum Gasteiger partial charge on any atom is 0.123 e. The van der Waals surface area contributed by atoms with Crippen molar-refractivity contribution in [3.05, 3.63) is 35.6 Å². The summed E-state index contributed by atoms with van der Waals surface area (Å²) >= 11 is 0. The Morgan fingerprint density at radius 3 is 2.85 bits per heavy atom. The Morgan fingerprint density at radius 1 is 1.62 bits per heavy atom. The molecule has 0 saturated heterocycles. The third-order valence-corrected chi connectivity index (χ3v) is 2.93. The summed E-state index contributed by atoms with van der Waals surface area (Å²) in [7, 11) is 0. The van der Waals surface area contributed by atoms with Crippen molar-refractivity contribution in [2.45, 2.75) is 25.3 Å². The van der Waals surface area contributed by atoms with Crippen molar-refractivity contribution in [1.82, 2.24) is 0 Å². The Labute approximate surface area is 77.8 Å². The first-order chi connectivity index (χ1) is 6.10. The van der Waals surface area contributed by atoms with Gasteiger partial charge in [-0.25, -0.2) is 4.39 Å². The molecule has 70 valence electrons. The van der Waals surface area contributed by atoms with Crippen molar-refractivity contribution < 1.29 is 4.39 Å². The first-order valence-corrected chi connectivity index (χ1v) is 4.63. The summed E-state index contributed by atoms with van der Waals surface area (Å²) in [5.41, 5.74) is 6.99. The molecule has 0 heterocycles. The van der Waals surface area contributed by atoms with Gasteiger partial charge in [-0.2, -0.15) is 0 Å². The molecule has 1 saturated carbocycles. The Morgan fingerprint density at radius 2 is 2.31 bits per heavy atom. The van der Waals surface area contributed by atoms with Gasteiger partial charge in [-0.15, -0.1) is 0 Å². The molecule has 0 radical (unpaired) electrons. The van der Waals surface area contributed by atoms with E-state index in [0.29, 0.717) is 5.92 Å². The molecule has 0 amide bonds. The van der Waals surface area contributed by atoms with E-state index in [1.165, 1.54) is 6.07 Å². The van der Waals surface area contributed by atoms with Gasteiger partial charge in [-0.05, 0) is 36.5 Å². The molecule has 0 aliphatic heterocycles. The normalized spacial score (nSPS) is 31.8. The molecular formula is C11H14FN. The highest BCUT2D eigenvalue weighted by Crippen LogP contribution is 2.42. The van der Waals surface area contributed by atoms with Crippen molar-refractivity contribution in [2.24, 2.45) is 11.7 Å². The van der Waals surface area contributed by atoms with Crippen LogP contribution < -0.4 is 5.73 Å². The van der Waals surface area contributed by atoms with Crippen LogP contribution in [-0.4, -0.2) is 5.54 Å². The predicted octanol–water partition coefficient (Wildman–Crippen LogP) is 2.11. The van der Waals surface area contributed by atoms with Crippen molar-refractivity contribution in [3.63, 3.8) is 0 Å². The fourth-order valence-electron chi connectivity index (χ4n) is 1.78. The lowest BCUT2D eigenvalue weighted by molar-refractivity contribution is 0.600. The van der Waals surface area contributed by atoms with E-state index in [9.17, 15) is 4.39 Å². The molecule has 1 aliphatic rings. The fraction of sp³-hybridized carbons (Fsp3) is 0.455. The highest BCUT2D eigenvalue weighted by atomic mass is 19.1. The average Bonchev–Trinajstić information content (AvgIpc) is 2.58. The standard InChI is InChI=1S/C11H14FN/c1-8-6-11(8,13)7-9-3-2-4-10(12)5-9/h2-5,8H,6-7,13H2,1H3. The summed E-state index contributed by atoms with van der Waals surface area (Å²) < 4.78 is 12.8. The van der Waals surface area contributed by atoms with Gasteiger partial charge >= 0.3 is 0 Å². The second kappa shape index (κ2) is 2.81. The van der Waals surface area contributed by atoms with Gasteiger partial charge < -0.3 is 5.73 Å². The Balaban J connectivity index is 2.10. The Bertz CT molecular complexity index is 324. The van der Waals surface area contributed by atoms with E-state index in [1.807, 2.05) is 6.07 Å². The van der Waals surface area contributed by atoms with Gasteiger partial charge in [0.1, 0.15) is 5.82 Å². The van der Waals surface area contributed by atoms with E-state index in [1.54, 1.807) is 12.1 Å². The molecule has 2 atom stereocenters. The molecule has 13 heavy (non-hydrogen) atoms. The lowest BCUT2D eigenvalue weighted by Gasteiger charge is -2.09. The van der Waals surface area contributed by atoms with Crippen LogP contribution in [0.3, 0.4) is 0 Å². The number of benzene rings is 1. The molecule has 1 nitrogen and oxygen atoms in total. The lowest BCUT2D eigenvalue weighted by atomic mass is 10.0. The molecular weight excluding hydrogens is 165 g/mol. The van der Waals surface area contributed by atoms with Crippen LogP contribution in [0.4, 0.5) is 4.39 Å². The van der Waals surface area contributed by atoms with E-state index < -0.39 is 0 Å². The van der Waals surface area contributed by atoms with Crippen molar-refractivity contribution in [1.29, 1.82) is 0 Å². The summed E-state index contributed by atoms with van der Waals surface area (Å²) in [4.78, 5) is 0. The number of hydrogen-bond donors (Lipinski definition) is 1. The number of halogens is 1. The van der Waals surface area contributed by atoms with Crippen LogP contribution in [0.1, 0.15) is 18.9 Å². The monoisotopic (exact) mass is 179 g/mol. The van der Waals surface area contributed by atoms with Gasteiger partial charge in [0.2, 0.25) is 0 Å². The van der Waals surface area contributed by atoms with E-state index >= 15 is 0 Å². The second-order valence-electron chi connectivity index (χ2n) is 4.15. The molecule has 0 bridgehead atoms. The zero-order valence-electron chi connectivity index (χ0n) is 7.76. The van der Waals surface area contributed by atoms with Gasteiger partial charge in [0, 0.05) is 5.54 Å². The minimum Gasteiger partial charge on any atom is -0.325 e. The number of hydrogen-bond acceptors (Lipinski definition) is 1. The predicted molar refractivity (Wildman–Crippen MR) is 50.8 cm³/mol. The van der Waals surface area contributed by atoms with Crippen molar-refractivity contribution >= 4 is 0 Å². The molecule has 0 aromatic heterocycles. The summed E-state index contributed by atoms with van der Waals surface area (Å²) in [6.45, 7) is 2.14. The third kappa shape index (κ3) is 1.73. The molecule has 1 aromatic carbocycles. The molecule has 2 rings (SSSR count). The minimum atomic E-state index is -0.172. The van der Waals surface area contributed by atoms with Crippen LogP contribution in [0, 0.1) is 11.7 Å². The topological polar surface area (TPSA) is 26.0 Å². The van der Waals surface area contributed by atoms with Crippen LogP contribution in [0.2, 0.25) is 0 Å². The minimum absolute atomic E-state index is 0.0617. The smallest absolute Gasteiger partial charge is 0.123 e. The maximum atomic E-state index is 12.8. The average molecular weight is 179 g/mol. The maximum absolute atomic E-state index is 12.8. The lowest BCUT2D eigenvalue weighted by Crippen LogP contribution is -2.27. The summed E-state index contributed by atoms with van der Waals surface area (Å²) in [6.07, 6.45) is 1.86. The first-order valence-electron chi connectivity index (χ1n) is 4.63. The van der Waals surface area contributed by atoms with Crippen LogP contribution >= 0.6 is 0 Å². The Hall–Kier alpha value is -0.890. The van der Waals surface area contributed by atoms with E-state index in [0.717, 1.165) is 18.4 Å². The molecule has 2 N–H and O–H groups in total. The van der Waals surface area contributed by atoms with Crippen LogP contribution in [0.15, 0.2) is 24.3 Å². The molecule has 1 aliphatic carbocycles. The van der Waals surface area contributed by atoms with Crippen molar-refractivity contribution in [2.75, 3.05) is 0 Å². The summed E-state index contributed by atoms with van der Waals surface area (Å²) in [5, 5.41) is 0. The third-order valence-electron chi connectivity index (χ3n) is 2.93. The molecule has 2 heteroatoms. The zero-order valence-corrected chi connectivity index (χ0v) is 7.76. The van der Waals surface area contributed by atoms with Gasteiger partial charge in [-0.3, -0.25) is 0 Å². The fourth-order valence-corrected chi connectivity index (χ4v) is 1.78. The van der Waals surface area contributed by atoms with Gasteiger partial charge in [0.05, 0.1) is 0 Å². The summed E-state index contributed by atoms with van der Waals surface area (Å²) in [5.74, 6) is 0.408. The summed E-state index contributed by atoms with van der Waals surface area (Å²) in [6, 6.07) is 6.70. The van der Waals surface area contributed by atoms with Gasteiger partial charge in [-0.1, -0.05) is 19.1 Å². The second-order valence-corrected chi connectivity index (χ2v) is 4.15. The van der Waals surface area contributed by atoms with E-state index in [4.69, 9.17) is 5.73 Å².